The molecule has 1 aliphatic rings. The van der Waals surface area contributed by atoms with Gasteiger partial charge in [0.2, 0.25) is 0 Å². The zero-order valence-electron chi connectivity index (χ0n) is 12.3. The molecular weight excluding hydrogens is 269 g/mol. The molecule has 110 valence electrons. The summed E-state index contributed by atoms with van der Waals surface area (Å²) in [5.41, 5.74) is 6.03. The lowest BCUT2D eigenvalue weighted by Crippen LogP contribution is -2.49. The first kappa shape index (κ1) is 13.8. The first-order valence-electron chi connectivity index (χ1n) is 6.96. The number of aromatic nitrogens is 2. The molecule has 0 saturated heterocycles. The fraction of sp³-hybridized carbons (Fsp3) is 0.333. The molecule has 1 aliphatic heterocycles. The van der Waals surface area contributed by atoms with Crippen molar-refractivity contribution >= 4 is 11.7 Å². The van der Waals surface area contributed by atoms with Gasteiger partial charge >= 0.3 is 0 Å². The third-order valence-corrected chi connectivity index (χ3v) is 3.46. The molecule has 6 heteroatoms. The lowest BCUT2D eigenvalue weighted by atomic mass is 10.0. The summed E-state index contributed by atoms with van der Waals surface area (Å²) in [7, 11) is 0. The molecule has 2 heterocycles. The normalized spacial score (nSPS) is 17.1. The predicted octanol–water partition coefficient (Wildman–Crippen LogP) is 2.66. The van der Waals surface area contributed by atoms with Crippen LogP contribution in [0, 0.1) is 12.7 Å². The fourth-order valence-electron chi connectivity index (χ4n) is 2.30. The molecule has 2 aromatic rings. The minimum absolute atomic E-state index is 0.264. The van der Waals surface area contributed by atoms with E-state index in [0.717, 1.165) is 16.8 Å². The quantitative estimate of drug-likeness (QED) is 0.893. The second-order valence-electron chi connectivity index (χ2n) is 5.50. The van der Waals surface area contributed by atoms with Crippen molar-refractivity contribution in [2.24, 2.45) is 4.99 Å². The summed E-state index contributed by atoms with van der Waals surface area (Å²) in [6, 6.07) is 6.96. The van der Waals surface area contributed by atoms with Crippen LogP contribution < -0.4 is 5.43 Å². The molecule has 0 fully saturated rings. The van der Waals surface area contributed by atoms with Gasteiger partial charge in [0.15, 0.2) is 11.7 Å². The van der Waals surface area contributed by atoms with E-state index >= 15 is 0 Å². The molecule has 21 heavy (non-hydrogen) atoms. The van der Waals surface area contributed by atoms with Gasteiger partial charge in [-0.2, -0.15) is 5.10 Å². The smallest absolute Gasteiger partial charge is 0.175 e. The van der Waals surface area contributed by atoms with Crippen molar-refractivity contribution in [1.29, 1.82) is 0 Å². The minimum Gasteiger partial charge on any atom is -0.302 e. The topological polar surface area (TPSA) is 56.3 Å². The Kier molecular flexibility index (Phi) is 3.47. The van der Waals surface area contributed by atoms with E-state index in [1.54, 1.807) is 0 Å². The molecule has 0 aliphatic carbocycles. The van der Waals surface area contributed by atoms with Crippen molar-refractivity contribution in [1.82, 2.24) is 20.6 Å². The van der Waals surface area contributed by atoms with Gasteiger partial charge in [0.25, 0.3) is 0 Å². The van der Waals surface area contributed by atoms with E-state index < -0.39 is 0 Å². The number of hydrogen-bond donors (Lipinski definition) is 2. The largest absolute Gasteiger partial charge is 0.302 e. The van der Waals surface area contributed by atoms with Crippen molar-refractivity contribution < 1.29 is 4.39 Å². The monoisotopic (exact) mass is 287 g/mol. The van der Waals surface area contributed by atoms with Crippen LogP contribution in [0.25, 0.3) is 0 Å². The Balaban J connectivity index is 2.06. The summed E-state index contributed by atoms with van der Waals surface area (Å²) >= 11 is 0. The van der Waals surface area contributed by atoms with Gasteiger partial charge in [-0.3, -0.25) is 5.10 Å². The molecule has 3 rings (SSSR count). The van der Waals surface area contributed by atoms with Crippen molar-refractivity contribution in [3.63, 3.8) is 0 Å². The molecule has 2 N–H and O–H groups in total. The summed E-state index contributed by atoms with van der Waals surface area (Å²) < 4.78 is 13.5. The summed E-state index contributed by atoms with van der Waals surface area (Å²) in [6.45, 7) is 6.82. The van der Waals surface area contributed by atoms with Gasteiger partial charge in [-0.15, -0.1) is 0 Å². The SMILES string of the molecule is Cc1cc(N=C2NN(C(C)C)Cc3ccc(F)cc32)n[nH]1. The standard InChI is InChI=1S/C15H18FN5/c1-9(2)21-8-11-4-5-12(16)7-13(11)15(20-21)17-14-6-10(3)18-19-14/h4-7,9H,8H2,1-3H3,(H2,17,18,19,20). The lowest BCUT2D eigenvalue weighted by Gasteiger charge is -2.34. The van der Waals surface area contributed by atoms with E-state index in [1.807, 2.05) is 19.1 Å². The van der Waals surface area contributed by atoms with Crippen LogP contribution in [0.5, 0.6) is 0 Å². The molecule has 0 saturated carbocycles. The maximum absolute atomic E-state index is 13.5. The zero-order chi connectivity index (χ0) is 15.0. The molecule has 0 atom stereocenters. The maximum Gasteiger partial charge on any atom is 0.175 e. The Labute approximate surface area is 122 Å². The Morgan fingerprint density at radius 2 is 2.14 bits per heavy atom. The molecule has 0 unspecified atom stereocenters. The van der Waals surface area contributed by atoms with Crippen LogP contribution in [-0.4, -0.2) is 27.1 Å². The Hall–Kier alpha value is -2.21. The van der Waals surface area contributed by atoms with Gasteiger partial charge in [0, 0.05) is 29.9 Å². The lowest BCUT2D eigenvalue weighted by molar-refractivity contribution is 0.169. The first-order valence-corrected chi connectivity index (χ1v) is 6.96. The van der Waals surface area contributed by atoms with Crippen LogP contribution >= 0.6 is 0 Å². The number of aliphatic imine (C=N–C) groups is 1. The number of H-pyrrole nitrogens is 1. The maximum atomic E-state index is 13.5. The van der Waals surface area contributed by atoms with Crippen molar-refractivity contribution in [2.75, 3.05) is 0 Å². The van der Waals surface area contributed by atoms with Crippen LogP contribution in [0.2, 0.25) is 0 Å². The highest BCUT2D eigenvalue weighted by molar-refractivity contribution is 6.01. The highest BCUT2D eigenvalue weighted by Gasteiger charge is 2.23. The minimum atomic E-state index is -0.264. The van der Waals surface area contributed by atoms with Crippen LogP contribution in [-0.2, 0) is 6.54 Å². The van der Waals surface area contributed by atoms with E-state index in [9.17, 15) is 4.39 Å². The van der Waals surface area contributed by atoms with Crippen molar-refractivity contribution in [3.05, 3.63) is 46.9 Å². The van der Waals surface area contributed by atoms with E-state index in [-0.39, 0.29) is 5.82 Å². The third-order valence-electron chi connectivity index (χ3n) is 3.46. The van der Waals surface area contributed by atoms with Gasteiger partial charge in [0.1, 0.15) is 5.82 Å². The van der Waals surface area contributed by atoms with Gasteiger partial charge in [-0.25, -0.2) is 14.4 Å². The number of nitrogens with zero attached hydrogens (tertiary/aromatic N) is 3. The number of hydrazine groups is 1. The number of amidine groups is 1. The number of aromatic amines is 1. The Morgan fingerprint density at radius 3 is 2.81 bits per heavy atom. The Morgan fingerprint density at radius 1 is 1.33 bits per heavy atom. The number of benzene rings is 1. The number of nitrogens with one attached hydrogen (secondary N) is 2. The number of aryl methyl sites for hydroxylation is 1. The molecule has 5 nitrogen and oxygen atoms in total. The second-order valence-corrected chi connectivity index (χ2v) is 5.50. The third kappa shape index (κ3) is 2.80. The number of hydrogen-bond acceptors (Lipinski definition) is 3. The van der Waals surface area contributed by atoms with Gasteiger partial charge in [-0.1, -0.05) is 6.07 Å². The second kappa shape index (κ2) is 5.29. The highest BCUT2D eigenvalue weighted by atomic mass is 19.1. The number of fused-ring (bicyclic) bond motifs is 1. The zero-order valence-corrected chi connectivity index (χ0v) is 12.3. The molecular formula is C15H18FN5. The molecule has 0 amide bonds. The average Bonchev–Trinajstić information content (AvgIpc) is 2.84. The average molecular weight is 287 g/mol. The van der Waals surface area contributed by atoms with Crippen LogP contribution in [0.15, 0.2) is 29.3 Å². The molecule has 0 radical (unpaired) electrons. The molecule has 1 aromatic carbocycles. The Bertz CT molecular complexity index is 689. The summed E-state index contributed by atoms with van der Waals surface area (Å²) in [5.74, 6) is 0.936. The molecule has 0 spiro atoms. The van der Waals surface area contributed by atoms with E-state index in [2.05, 4.69) is 39.5 Å². The first-order chi connectivity index (χ1) is 10.0. The van der Waals surface area contributed by atoms with Crippen molar-refractivity contribution in [2.45, 2.75) is 33.4 Å². The van der Waals surface area contributed by atoms with Crippen LogP contribution in [0.1, 0.15) is 30.7 Å². The number of halogens is 1. The molecule has 1 aromatic heterocycles. The van der Waals surface area contributed by atoms with Gasteiger partial charge in [-0.05, 0) is 38.5 Å². The van der Waals surface area contributed by atoms with E-state index in [0.29, 0.717) is 24.2 Å². The highest BCUT2D eigenvalue weighted by Crippen LogP contribution is 2.21. The van der Waals surface area contributed by atoms with Gasteiger partial charge < -0.3 is 5.43 Å². The number of rotatable bonds is 2. The predicted molar refractivity (Wildman–Crippen MR) is 79.7 cm³/mol. The summed E-state index contributed by atoms with van der Waals surface area (Å²) in [6.07, 6.45) is 0. The van der Waals surface area contributed by atoms with E-state index in [4.69, 9.17) is 0 Å². The summed E-state index contributed by atoms with van der Waals surface area (Å²) in [4.78, 5) is 4.51. The van der Waals surface area contributed by atoms with E-state index in [1.165, 1.54) is 12.1 Å². The summed E-state index contributed by atoms with van der Waals surface area (Å²) in [5, 5.41) is 9.03. The van der Waals surface area contributed by atoms with Crippen LogP contribution in [0.3, 0.4) is 0 Å². The van der Waals surface area contributed by atoms with Crippen molar-refractivity contribution in [3.8, 4) is 0 Å². The molecule has 0 bridgehead atoms. The van der Waals surface area contributed by atoms with Gasteiger partial charge in [0.05, 0.1) is 0 Å². The fourth-order valence-corrected chi connectivity index (χ4v) is 2.30. The van der Waals surface area contributed by atoms with Crippen LogP contribution in [0.4, 0.5) is 10.2 Å².